The molecule has 5 N–H and O–H groups in total. The van der Waals surface area contributed by atoms with Crippen LogP contribution in [0.15, 0.2) is 0 Å². The van der Waals surface area contributed by atoms with Gasteiger partial charge in [0, 0.05) is 0 Å². The van der Waals surface area contributed by atoms with Crippen molar-refractivity contribution in [2.45, 2.75) is 0 Å². The summed E-state index contributed by atoms with van der Waals surface area (Å²) < 4.78 is 2.27. The second kappa shape index (κ2) is 4.40. The molecule has 0 unspecified atom stereocenters. The SMILES string of the molecule is B1NBN(B2NBNBN2)BN1. The van der Waals surface area contributed by atoms with E-state index in [1.165, 1.54) is 0 Å². The monoisotopic (exact) mass is 160 g/mol. The molecule has 2 saturated heterocycles. The zero-order chi connectivity index (χ0) is 8.23. The van der Waals surface area contributed by atoms with Gasteiger partial charge in [0.1, 0.15) is 0 Å². The van der Waals surface area contributed by atoms with Crippen molar-refractivity contribution in [1.29, 1.82) is 0 Å². The molecule has 0 saturated carbocycles. The molecule has 2 rings (SSSR count). The normalized spacial score (nSPS) is 24.2. The standard InChI is InChI=1S/B6H10N6/c1-8-4-12(5-9-1)6-10-2-7-3-11-6/h1-5,7-11H. The molecule has 0 aromatic heterocycles. The van der Waals surface area contributed by atoms with Crippen LogP contribution in [0.3, 0.4) is 0 Å². The summed E-state index contributed by atoms with van der Waals surface area (Å²) in [6.07, 6.45) is 0. The molecule has 6 nitrogen and oxygen atoms in total. The Balaban J connectivity index is 1.80. The van der Waals surface area contributed by atoms with Crippen molar-refractivity contribution >= 4 is 44.9 Å². The van der Waals surface area contributed by atoms with Crippen LogP contribution >= 0.6 is 0 Å². The lowest BCUT2D eigenvalue weighted by atomic mass is 9.63. The maximum atomic E-state index is 3.31. The average molecular weight is 159 g/mol. The summed E-state index contributed by atoms with van der Waals surface area (Å²) in [6, 6.07) is 0. The molecule has 0 aromatic carbocycles. The first-order chi connectivity index (χ1) is 5.97. The van der Waals surface area contributed by atoms with E-state index in [1.807, 2.05) is 0 Å². The van der Waals surface area contributed by atoms with Crippen LogP contribution in [0.5, 0.6) is 0 Å². The van der Waals surface area contributed by atoms with Crippen LogP contribution in [0.25, 0.3) is 0 Å². The molecule has 2 aliphatic heterocycles. The summed E-state index contributed by atoms with van der Waals surface area (Å²) in [5.74, 6) is 0. The average Bonchev–Trinajstić information content (AvgIpc) is 2.21. The van der Waals surface area contributed by atoms with Gasteiger partial charge in [-0.25, -0.2) is 0 Å². The molecular formula is H10B6N6. The van der Waals surface area contributed by atoms with Crippen LogP contribution in [0, 0.1) is 0 Å². The first-order valence-corrected chi connectivity index (χ1v) is 4.30. The summed E-state index contributed by atoms with van der Waals surface area (Å²) in [6.45, 7) is 0. The third-order valence-electron chi connectivity index (χ3n) is 2.09. The highest BCUT2D eigenvalue weighted by Crippen LogP contribution is 1.84. The summed E-state index contributed by atoms with van der Waals surface area (Å²) in [5, 5.41) is 16.3. The van der Waals surface area contributed by atoms with Crippen LogP contribution in [0.1, 0.15) is 0 Å². The highest BCUT2D eigenvalue weighted by atomic mass is 15.2. The Morgan fingerprint density at radius 2 is 1.50 bits per heavy atom. The summed E-state index contributed by atoms with van der Waals surface area (Å²) >= 11 is 0. The van der Waals surface area contributed by atoms with Crippen molar-refractivity contribution in [2.75, 3.05) is 0 Å². The Labute approximate surface area is 75.9 Å². The van der Waals surface area contributed by atoms with Gasteiger partial charge in [-0.1, -0.05) is 0 Å². The van der Waals surface area contributed by atoms with Gasteiger partial charge in [-0.3, -0.25) is 0 Å². The minimum absolute atomic E-state index is 0.284. The maximum absolute atomic E-state index is 3.31. The zero-order valence-corrected chi connectivity index (χ0v) is 7.06. The van der Waals surface area contributed by atoms with Gasteiger partial charge in [-0.05, 0) is 0 Å². The Morgan fingerprint density at radius 1 is 0.833 bits per heavy atom. The molecule has 2 heterocycles. The van der Waals surface area contributed by atoms with E-state index in [0.29, 0.717) is 0 Å². The minimum Gasteiger partial charge on any atom is -0.379 e. The van der Waals surface area contributed by atoms with Gasteiger partial charge in [0.15, 0.2) is 0 Å². The van der Waals surface area contributed by atoms with Crippen LogP contribution in [0.2, 0.25) is 0 Å². The second-order valence-electron chi connectivity index (χ2n) is 3.00. The Bertz CT molecular complexity index is 112. The summed E-state index contributed by atoms with van der Waals surface area (Å²) in [4.78, 5) is 0. The van der Waals surface area contributed by atoms with E-state index >= 15 is 0 Å². The van der Waals surface area contributed by atoms with Crippen LogP contribution in [-0.4, -0.2) is 49.5 Å². The molecule has 0 spiro atoms. The van der Waals surface area contributed by atoms with Crippen molar-refractivity contribution in [1.82, 2.24) is 30.3 Å². The lowest BCUT2D eigenvalue weighted by Crippen LogP contribution is -2.76. The maximum Gasteiger partial charge on any atom is 0.355 e. The van der Waals surface area contributed by atoms with Crippen molar-refractivity contribution in [3.05, 3.63) is 0 Å². The number of hydrogen-bond acceptors (Lipinski definition) is 6. The van der Waals surface area contributed by atoms with Gasteiger partial charge in [-0.2, -0.15) is 0 Å². The van der Waals surface area contributed by atoms with Crippen molar-refractivity contribution in [3.8, 4) is 0 Å². The van der Waals surface area contributed by atoms with Gasteiger partial charge in [0.25, 0.3) is 37.7 Å². The molecule has 2 aliphatic rings. The number of hydrogen-bond donors (Lipinski definition) is 5. The Morgan fingerprint density at radius 3 is 2.17 bits per heavy atom. The minimum atomic E-state index is 0.284. The summed E-state index contributed by atoms with van der Waals surface area (Å²) in [5.41, 5.74) is 0. The van der Waals surface area contributed by atoms with E-state index in [4.69, 9.17) is 0 Å². The van der Waals surface area contributed by atoms with Gasteiger partial charge in [0.05, 0.1) is 0 Å². The van der Waals surface area contributed by atoms with E-state index in [0.717, 1.165) is 37.7 Å². The van der Waals surface area contributed by atoms with Crippen LogP contribution < -0.4 is 25.7 Å². The van der Waals surface area contributed by atoms with Gasteiger partial charge in [0.2, 0.25) is 0 Å². The third-order valence-corrected chi connectivity index (χ3v) is 2.09. The Kier molecular flexibility index (Phi) is 3.21. The number of nitrogens with one attached hydrogen (secondary N) is 5. The van der Waals surface area contributed by atoms with Crippen molar-refractivity contribution < 1.29 is 0 Å². The van der Waals surface area contributed by atoms with E-state index < -0.39 is 0 Å². The number of rotatable bonds is 1. The van der Waals surface area contributed by atoms with Crippen molar-refractivity contribution in [3.63, 3.8) is 0 Å². The lowest BCUT2D eigenvalue weighted by Gasteiger charge is -2.34. The first-order valence-electron chi connectivity index (χ1n) is 4.30. The van der Waals surface area contributed by atoms with E-state index in [9.17, 15) is 0 Å². The van der Waals surface area contributed by atoms with E-state index in [-0.39, 0.29) is 7.12 Å². The molecule has 58 valence electrons. The topological polar surface area (TPSA) is 63.4 Å². The van der Waals surface area contributed by atoms with Crippen LogP contribution in [0.4, 0.5) is 0 Å². The highest BCUT2D eigenvalue weighted by molar-refractivity contribution is 6.84. The Hall–Kier alpha value is 0.150. The third kappa shape index (κ3) is 2.09. The molecule has 12 heteroatoms. The molecule has 12 heavy (non-hydrogen) atoms. The molecule has 2 fully saturated rings. The first kappa shape index (κ1) is 8.73. The predicted octanol–water partition coefficient (Wildman–Crippen LogP) is -6.42. The molecule has 0 bridgehead atoms. The zero-order valence-electron chi connectivity index (χ0n) is 7.06. The molecular weight excluding hydrogens is 149 g/mol. The van der Waals surface area contributed by atoms with E-state index in [1.54, 1.807) is 0 Å². The smallest absolute Gasteiger partial charge is 0.355 e. The highest BCUT2D eigenvalue weighted by Gasteiger charge is 2.28. The van der Waals surface area contributed by atoms with E-state index in [2.05, 4.69) is 30.3 Å². The second-order valence-corrected chi connectivity index (χ2v) is 3.00. The number of nitrogens with zero attached hydrogens (tertiary/aromatic N) is 1. The van der Waals surface area contributed by atoms with Gasteiger partial charge >= 0.3 is 7.12 Å². The fraction of sp³-hybridized carbons (Fsp3) is 0. The molecule has 0 aliphatic carbocycles. The fourth-order valence-electron chi connectivity index (χ4n) is 1.46. The molecule has 0 amide bonds. The summed E-state index contributed by atoms with van der Waals surface area (Å²) in [7, 11) is 4.78. The molecule has 0 aromatic rings. The van der Waals surface area contributed by atoms with Gasteiger partial charge < -0.3 is 30.3 Å². The fourth-order valence-corrected chi connectivity index (χ4v) is 1.46. The lowest BCUT2D eigenvalue weighted by molar-refractivity contribution is 0.923. The quantitative estimate of drug-likeness (QED) is 0.245. The van der Waals surface area contributed by atoms with Crippen LogP contribution in [-0.2, 0) is 0 Å². The molecule has 0 radical (unpaired) electrons. The van der Waals surface area contributed by atoms with Gasteiger partial charge in [-0.15, -0.1) is 0 Å². The molecule has 0 atom stereocenters. The largest absolute Gasteiger partial charge is 0.379 e. The van der Waals surface area contributed by atoms with Crippen molar-refractivity contribution in [2.24, 2.45) is 0 Å². The predicted molar refractivity (Wildman–Crippen MR) is 59.0 cm³/mol.